The van der Waals surface area contributed by atoms with Gasteiger partial charge in [-0.3, -0.25) is 4.79 Å². The van der Waals surface area contributed by atoms with Crippen LogP contribution in [0.4, 0.5) is 0 Å². The SMILES string of the molecule is CCOc1cc(/C=C/C(=O)c2cccc(OCC)c2OCC)c(OCC)c(OC)c1. The van der Waals surface area contributed by atoms with E-state index in [1.165, 1.54) is 6.08 Å². The summed E-state index contributed by atoms with van der Waals surface area (Å²) < 4.78 is 28.1. The van der Waals surface area contributed by atoms with Gasteiger partial charge in [0.15, 0.2) is 28.8 Å². The highest BCUT2D eigenvalue weighted by atomic mass is 16.5. The number of carbonyl (C=O) groups is 1. The Kier molecular flexibility index (Phi) is 9.06. The van der Waals surface area contributed by atoms with Crippen LogP contribution >= 0.6 is 0 Å². The lowest BCUT2D eigenvalue weighted by Gasteiger charge is -2.15. The molecule has 0 aliphatic rings. The summed E-state index contributed by atoms with van der Waals surface area (Å²) in [6.45, 7) is 9.44. The van der Waals surface area contributed by atoms with Gasteiger partial charge in [-0.25, -0.2) is 0 Å². The van der Waals surface area contributed by atoms with E-state index in [-0.39, 0.29) is 5.78 Å². The minimum absolute atomic E-state index is 0.205. The van der Waals surface area contributed by atoms with Gasteiger partial charge in [0.25, 0.3) is 0 Å². The number of carbonyl (C=O) groups excluding carboxylic acids is 1. The molecule has 6 nitrogen and oxygen atoms in total. The van der Waals surface area contributed by atoms with Gasteiger partial charge in [-0.2, -0.15) is 0 Å². The van der Waals surface area contributed by atoms with Crippen molar-refractivity contribution in [2.75, 3.05) is 33.5 Å². The van der Waals surface area contributed by atoms with E-state index in [1.807, 2.05) is 33.8 Å². The fourth-order valence-electron chi connectivity index (χ4n) is 2.95. The van der Waals surface area contributed by atoms with Crippen molar-refractivity contribution < 1.29 is 28.5 Å². The number of hydrogen-bond donors (Lipinski definition) is 0. The summed E-state index contributed by atoms with van der Waals surface area (Å²) >= 11 is 0. The molecule has 0 saturated heterocycles. The standard InChI is InChI=1S/C24H30O6/c1-6-27-18-15-17(23(29-8-3)22(16-18)26-5)13-14-20(25)19-11-10-12-21(28-7-2)24(19)30-9-4/h10-16H,6-9H2,1-5H3/b14-13+. The number of methoxy groups -OCH3 is 1. The molecule has 0 N–H and O–H groups in total. The van der Waals surface area contributed by atoms with Crippen LogP contribution in [0, 0.1) is 0 Å². The van der Waals surface area contributed by atoms with E-state index in [9.17, 15) is 4.79 Å². The third-order valence-electron chi connectivity index (χ3n) is 4.12. The van der Waals surface area contributed by atoms with Crippen LogP contribution in [0.15, 0.2) is 36.4 Å². The molecule has 2 aromatic rings. The number of ether oxygens (including phenoxy) is 5. The summed E-state index contributed by atoms with van der Waals surface area (Å²) in [4.78, 5) is 13.0. The lowest BCUT2D eigenvalue weighted by atomic mass is 10.1. The lowest BCUT2D eigenvalue weighted by molar-refractivity contribution is 0.104. The first-order valence-electron chi connectivity index (χ1n) is 10.2. The van der Waals surface area contributed by atoms with Gasteiger partial charge in [0, 0.05) is 11.6 Å². The second-order valence-corrected chi connectivity index (χ2v) is 6.11. The summed E-state index contributed by atoms with van der Waals surface area (Å²) in [7, 11) is 1.57. The number of para-hydroxylation sites is 1. The van der Waals surface area contributed by atoms with E-state index in [1.54, 1.807) is 37.5 Å². The molecule has 0 aromatic heterocycles. The molecule has 162 valence electrons. The summed E-state index contributed by atoms with van der Waals surface area (Å²) in [5.41, 5.74) is 1.12. The Morgan fingerprint density at radius 3 is 2.13 bits per heavy atom. The van der Waals surface area contributed by atoms with Crippen molar-refractivity contribution >= 4 is 11.9 Å². The Morgan fingerprint density at radius 2 is 1.50 bits per heavy atom. The summed E-state index contributed by atoms with van der Waals surface area (Å²) in [5.74, 6) is 2.53. The van der Waals surface area contributed by atoms with E-state index < -0.39 is 0 Å². The first kappa shape index (κ1) is 23.1. The van der Waals surface area contributed by atoms with Crippen molar-refractivity contribution in [3.05, 3.63) is 47.5 Å². The number of allylic oxidation sites excluding steroid dienone is 1. The highest BCUT2D eigenvalue weighted by Gasteiger charge is 2.17. The lowest BCUT2D eigenvalue weighted by Crippen LogP contribution is -2.05. The van der Waals surface area contributed by atoms with Gasteiger partial charge in [0.1, 0.15) is 5.75 Å². The molecule has 0 aliphatic carbocycles. The maximum absolute atomic E-state index is 13.0. The maximum Gasteiger partial charge on any atom is 0.189 e. The van der Waals surface area contributed by atoms with Crippen molar-refractivity contribution in [3.8, 4) is 28.7 Å². The molecule has 0 atom stereocenters. The molecule has 0 fully saturated rings. The van der Waals surface area contributed by atoms with Crippen LogP contribution in [0.5, 0.6) is 28.7 Å². The third-order valence-corrected chi connectivity index (χ3v) is 4.12. The van der Waals surface area contributed by atoms with Crippen LogP contribution in [0.2, 0.25) is 0 Å². The fraction of sp³-hybridized carbons (Fsp3) is 0.375. The van der Waals surface area contributed by atoms with Gasteiger partial charge in [0.05, 0.1) is 39.1 Å². The molecule has 2 rings (SSSR count). The van der Waals surface area contributed by atoms with Crippen LogP contribution in [0.25, 0.3) is 6.08 Å². The Bertz CT molecular complexity index is 872. The number of hydrogen-bond acceptors (Lipinski definition) is 6. The molecule has 6 heteroatoms. The molecule has 0 amide bonds. The Morgan fingerprint density at radius 1 is 0.833 bits per heavy atom. The smallest absolute Gasteiger partial charge is 0.189 e. The molecule has 0 aliphatic heterocycles. The Hall–Kier alpha value is -3.15. The van der Waals surface area contributed by atoms with Crippen molar-refractivity contribution in [2.24, 2.45) is 0 Å². The molecule has 0 bridgehead atoms. The molecule has 0 saturated carbocycles. The molecule has 0 heterocycles. The molecule has 0 radical (unpaired) electrons. The zero-order valence-electron chi connectivity index (χ0n) is 18.3. The van der Waals surface area contributed by atoms with Crippen molar-refractivity contribution in [3.63, 3.8) is 0 Å². The highest BCUT2D eigenvalue weighted by Crippen LogP contribution is 2.37. The van der Waals surface area contributed by atoms with E-state index in [4.69, 9.17) is 23.7 Å². The van der Waals surface area contributed by atoms with E-state index in [0.29, 0.717) is 66.3 Å². The Balaban J connectivity index is 2.45. The maximum atomic E-state index is 13.0. The monoisotopic (exact) mass is 414 g/mol. The van der Waals surface area contributed by atoms with Crippen LogP contribution < -0.4 is 23.7 Å². The third kappa shape index (κ3) is 5.69. The van der Waals surface area contributed by atoms with Crippen molar-refractivity contribution in [1.82, 2.24) is 0 Å². The normalized spacial score (nSPS) is 10.7. The summed E-state index contributed by atoms with van der Waals surface area (Å²) in [6.07, 6.45) is 3.18. The van der Waals surface area contributed by atoms with Crippen LogP contribution in [-0.4, -0.2) is 39.3 Å². The first-order valence-corrected chi connectivity index (χ1v) is 10.2. The van der Waals surface area contributed by atoms with E-state index >= 15 is 0 Å². The van der Waals surface area contributed by atoms with Gasteiger partial charge in [0.2, 0.25) is 0 Å². The minimum atomic E-state index is -0.205. The van der Waals surface area contributed by atoms with Gasteiger partial charge in [-0.05, 0) is 58.0 Å². The molecule has 30 heavy (non-hydrogen) atoms. The average molecular weight is 414 g/mol. The second kappa shape index (κ2) is 11.8. The van der Waals surface area contributed by atoms with Gasteiger partial charge in [-0.1, -0.05) is 6.07 Å². The minimum Gasteiger partial charge on any atom is -0.494 e. The average Bonchev–Trinajstić information content (AvgIpc) is 2.75. The number of benzene rings is 2. The van der Waals surface area contributed by atoms with E-state index in [0.717, 1.165) is 0 Å². The largest absolute Gasteiger partial charge is 0.494 e. The molecule has 0 unspecified atom stereocenters. The Labute approximate surface area is 178 Å². The van der Waals surface area contributed by atoms with Gasteiger partial charge < -0.3 is 23.7 Å². The number of rotatable bonds is 12. The van der Waals surface area contributed by atoms with Gasteiger partial charge in [-0.15, -0.1) is 0 Å². The van der Waals surface area contributed by atoms with Crippen molar-refractivity contribution in [2.45, 2.75) is 27.7 Å². The van der Waals surface area contributed by atoms with Crippen LogP contribution in [0.1, 0.15) is 43.6 Å². The number of ketones is 1. The summed E-state index contributed by atoms with van der Waals surface area (Å²) in [6, 6.07) is 8.88. The molecule has 2 aromatic carbocycles. The first-order chi connectivity index (χ1) is 14.6. The zero-order valence-corrected chi connectivity index (χ0v) is 18.3. The van der Waals surface area contributed by atoms with Crippen molar-refractivity contribution in [1.29, 1.82) is 0 Å². The highest BCUT2D eigenvalue weighted by molar-refractivity contribution is 6.09. The van der Waals surface area contributed by atoms with Crippen LogP contribution in [-0.2, 0) is 0 Å². The topological polar surface area (TPSA) is 63.2 Å². The van der Waals surface area contributed by atoms with E-state index in [2.05, 4.69) is 0 Å². The molecular formula is C24H30O6. The quantitative estimate of drug-likeness (QED) is 0.352. The van der Waals surface area contributed by atoms with Crippen LogP contribution in [0.3, 0.4) is 0 Å². The van der Waals surface area contributed by atoms with Gasteiger partial charge >= 0.3 is 0 Å². The fourth-order valence-corrected chi connectivity index (χ4v) is 2.95. The molecular weight excluding hydrogens is 384 g/mol. The zero-order chi connectivity index (χ0) is 21.9. The predicted octanol–water partition coefficient (Wildman–Crippen LogP) is 5.19. The summed E-state index contributed by atoms with van der Waals surface area (Å²) in [5, 5.41) is 0. The molecule has 0 spiro atoms. The predicted molar refractivity (Wildman–Crippen MR) is 117 cm³/mol. The second-order valence-electron chi connectivity index (χ2n) is 6.11.